The standard InChI is InChI=1S/C17H17N5OS/c1-13(24-16-4-2-3-7-19-16)17(23)21-11-14-5-6-15(20-10-14)22-9-8-18-12-22/h2-10,12-13H,11H2,1H3,(H,21,23)/t13-/m1/s1. The summed E-state index contributed by atoms with van der Waals surface area (Å²) in [6, 6.07) is 9.50. The second kappa shape index (κ2) is 7.74. The number of nitrogens with one attached hydrogen (secondary N) is 1. The molecule has 6 nitrogen and oxygen atoms in total. The van der Waals surface area contributed by atoms with Crippen LogP contribution in [0.1, 0.15) is 12.5 Å². The van der Waals surface area contributed by atoms with Gasteiger partial charge in [0, 0.05) is 31.3 Å². The maximum absolute atomic E-state index is 12.2. The molecule has 0 unspecified atom stereocenters. The van der Waals surface area contributed by atoms with E-state index in [-0.39, 0.29) is 11.2 Å². The van der Waals surface area contributed by atoms with Crippen LogP contribution in [0.4, 0.5) is 0 Å². The Morgan fingerprint density at radius 3 is 2.83 bits per heavy atom. The Balaban J connectivity index is 1.52. The van der Waals surface area contributed by atoms with Crippen LogP contribution in [0, 0.1) is 0 Å². The van der Waals surface area contributed by atoms with Crippen LogP contribution in [0.5, 0.6) is 0 Å². The van der Waals surface area contributed by atoms with E-state index >= 15 is 0 Å². The van der Waals surface area contributed by atoms with Crippen LogP contribution in [-0.4, -0.2) is 30.7 Å². The van der Waals surface area contributed by atoms with Gasteiger partial charge in [-0.05, 0) is 30.7 Å². The van der Waals surface area contributed by atoms with Crippen LogP contribution in [0.3, 0.4) is 0 Å². The summed E-state index contributed by atoms with van der Waals surface area (Å²) in [7, 11) is 0. The molecule has 0 aliphatic rings. The second-order valence-corrected chi connectivity index (χ2v) is 6.50. The first kappa shape index (κ1) is 16.2. The summed E-state index contributed by atoms with van der Waals surface area (Å²) in [6.45, 7) is 2.32. The zero-order chi connectivity index (χ0) is 16.8. The van der Waals surface area contributed by atoms with Crippen molar-refractivity contribution in [3.05, 3.63) is 67.0 Å². The average molecular weight is 339 g/mol. The molecule has 24 heavy (non-hydrogen) atoms. The van der Waals surface area contributed by atoms with E-state index < -0.39 is 0 Å². The first-order chi connectivity index (χ1) is 11.7. The molecule has 3 rings (SSSR count). The van der Waals surface area contributed by atoms with Crippen LogP contribution in [-0.2, 0) is 11.3 Å². The summed E-state index contributed by atoms with van der Waals surface area (Å²) in [5, 5.41) is 3.56. The number of thioether (sulfide) groups is 1. The third kappa shape index (κ3) is 4.20. The number of pyridine rings is 2. The van der Waals surface area contributed by atoms with Gasteiger partial charge in [0.2, 0.25) is 5.91 Å². The van der Waals surface area contributed by atoms with Crippen molar-refractivity contribution >= 4 is 17.7 Å². The monoisotopic (exact) mass is 339 g/mol. The lowest BCUT2D eigenvalue weighted by molar-refractivity contribution is -0.120. The van der Waals surface area contributed by atoms with Crippen LogP contribution in [0.25, 0.3) is 5.82 Å². The lowest BCUT2D eigenvalue weighted by atomic mass is 10.2. The first-order valence-corrected chi connectivity index (χ1v) is 8.39. The predicted molar refractivity (Wildman–Crippen MR) is 92.8 cm³/mol. The van der Waals surface area contributed by atoms with E-state index in [1.165, 1.54) is 11.8 Å². The minimum Gasteiger partial charge on any atom is -0.351 e. The number of hydrogen-bond donors (Lipinski definition) is 1. The molecular weight excluding hydrogens is 322 g/mol. The minimum absolute atomic E-state index is 0.0238. The molecule has 0 saturated carbocycles. The normalized spacial score (nSPS) is 11.9. The Hall–Kier alpha value is -2.67. The minimum atomic E-state index is -0.210. The third-order valence-electron chi connectivity index (χ3n) is 3.35. The van der Waals surface area contributed by atoms with Gasteiger partial charge in [0.25, 0.3) is 0 Å². The van der Waals surface area contributed by atoms with E-state index in [2.05, 4.69) is 20.3 Å². The fraction of sp³-hybridized carbons (Fsp3) is 0.176. The van der Waals surface area contributed by atoms with Gasteiger partial charge in [0.15, 0.2) is 0 Å². The SMILES string of the molecule is C[C@@H](Sc1ccccn1)C(=O)NCc1ccc(-n2ccnc2)nc1. The average Bonchev–Trinajstić information content (AvgIpc) is 3.15. The highest BCUT2D eigenvalue weighted by molar-refractivity contribution is 8.00. The Labute approximate surface area is 144 Å². The van der Waals surface area contributed by atoms with E-state index in [0.29, 0.717) is 6.54 Å². The molecule has 0 spiro atoms. The molecule has 1 amide bonds. The molecule has 0 aliphatic carbocycles. The van der Waals surface area contributed by atoms with E-state index in [1.807, 2.05) is 48.0 Å². The number of amides is 1. The lowest BCUT2D eigenvalue weighted by Gasteiger charge is -2.11. The molecule has 122 valence electrons. The molecule has 3 aromatic heterocycles. The summed E-state index contributed by atoms with van der Waals surface area (Å²) in [6.07, 6.45) is 8.71. The van der Waals surface area contributed by atoms with Gasteiger partial charge in [-0.15, -0.1) is 0 Å². The van der Waals surface area contributed by atoms with Crippen LogP contribution >= 0.6 is 11.8 Å². The second-order valence-electron chi connectivity index (χ2n) is 5.14. The van der Waals surface area contributed by atoms with Gasteiger partial charge in [-0.1, -0.05) is 23.9 Å². The fourth-order valence-electron chi connectivity index (χ4n) is 2.05. The number of hydrogen-bond acceptors (Lipinski definition) is 5. The Kier molecular flexibility index (Phi) is 5.22. The van der Waals surface area contributed by atoms with Crippen LogP contribution in [0.2, 0.25) is 0 Å². The van der Waals surface area contributed by atoms with E-state index in [0.717, 1.165) is 16.4 Å². The van der Waals surface area contributed by atoms with E-state index in [9.17, 15) is 4.79 Å². The molecular formula is C17H17N5OS. The summed E-state index contributed by atoms with van der Waals surface area (Å²) in [4.78, 5) is 24.8. The predicted octanol–water partition coefficient (Wildman–Crippen LogP) is 2.46. The molecule has 3 heterocycles. The third-order valence-corrected chi connectivity index (χ3v) is 4.40. The van der Waals surface area contributed by atoms with Crippen molar-refractivity contribution in [3.63, 3.8) is 0 Å². The topological polar surface area (TPSA) is 72.7 Å². The highest BCUT2D eigenvalue weighted by Gasteiger charge is 2.14. The molecule has 0 bridgehead atoms. The van der Waals surface area contributed by atoms with E-state index in [4.69, 9.17) is 0 Å². The molecule has 1 atom stereocenters. The lowest BCUT2D eigenvalue weighted by Crippen LogP contribution is -2.30. The summed E-state index contributed by atoms with van der Waals surface area (Å²) in [5.41, 5.74) is 0.947. The zero-order valence-electron chi connectivity index (χ0n) is 13.2. The van der Waals surface area contributed by atoms with Gasteiger partial charge in [-0.2, -0.15) is 0 Å². The van der Waals surface area contributed by atoms with Crippen LogP contribution in [0.15, 0.2) is 66.5 Å². The summed E-state index contributed by atoms with van der Waals surface area (Å²) < 4.78 is 1.83. The quantitative estimate of drug-likeness (QED) is 0.699. The van der Waals surface area contributed by atoms with Crippen molar-refractivity contribution in [2.24, 2.45) is 0 Å². The smallest absolute Gasteiger partial charge is 0.233 e. The van der Waals surface area contributed by atoms with Gasteiger partial charge in [0.1, 0.15) is 12.1 Å². The molecule has 0 aliphatic heterocycles. The molecule has 0 saturated heterocycles. The van der Waals surface area contributed by atoms with Gasteiger partial charge in [0.05, 0.1) is 10.3 Å². The van der Waals surface area contributed by atoms with Gasteiger partial charge >= 0.3 is 0 Å². The van der Waals surface area contributed by atoms with Gasteiger partial charge in [-0.3, -0.25) is 9.36 Å². The highest BCUT2D eigenvalue weighted by Crippen LogP contribution is 2.20. The highest BCUT2D eigenvalue weighted by atomic mass is 32.2. The maximum Gasteiger partial charge on any atom is 0.233 e. The van der Waals surface area contributed by atoms with Crippen molar-refractivity contribution < 1.29 is 4.79 Å². The molecule has 0 aromatic carbocycles. The molecule has 7 heteroatoms. The first-order valence-electron chi connectivity index (χ1n) is 7.51. The van der Waals surface area contributed by atoms with Crippen molar-refractivity contribution in [2.75, 3.05) is 0 Å². The Bertz CT molecular complexity index is 775. The van der Waals surface area contributed by atoms with Crippen molar-refractivity contribution in [3.8, 4) is 5.82 Å². The Morgan fingerprint density at radius 2 is 2.17 bits per heavy atom. The number of rotatable bonds is 6. The summed E-state index contributed by atoms with van der Waals surface area (Å²) >= 11 is 1.44. The molecule has 0 fully saturated rings. The van der Waals surface area contributed by atoms with Crippen LogP contribution < -0.4 is 5.32 Å². The largest absolute Gasteiger partial charge is 0.351 e. The zero-order valence-corrected chi connectivity index (χ0v) is 14.0. The molecule has 1 N–H and O–H groups in total. The fourth-order valence-corrected chi connectivity index (χ4v) is 2.88. The number of imidazole rings is 1. The van der Waals surface area contributed by atoms with Gasteiger partial charge < -0.3 is 5.32 Å². The number of carbonyl (C=O) groups excluding carboxylic acids is 1. The number of carbonyl (C=O) groups is 1. The molecule has 0 radical (unpaired) electrons. The molecule has 3 aromatic rings. The summed E-state index contributed by atoms with van der Waals surface area (Å²) in [5.74, 6) is 0.769. The number of aromatic nitrogens is 4. The van der Waals surface area contributed by atoms with Crippen molar-refractivity contribution in [2.45, 2.75) is 23.7 Å². The van der Waals surface area contributed by atoms with Crippen molar-refractivity contribution in [1.29, 1.82) is 0 Å². The van der Waals surface area contributed by atoms with Gasteiger partial charge in [-0.25, -0.2) is 15.0 Å². The Morgan fingerprint density at radius 1 is 1.25 bits per heavy atom. The van der Waals surface area contributed by atoms with Crippen molar-refractivity contribution in [1.82, 2.24) is 24.8 Å². The number of nitrogens with zero attached hydrogens (tertiary/aromatic N) is 4. The maximum atomic E-state index is 12.2. The van der Waals surface area contributed by atoms with E-state index in [1.54, 1.807) is 24.9 Å².